The summed E-state index contributed by atoms with van der Waals surface area (Å²) in [6.45, 7) is 2.41. The van der Waals surface area contributed by atoms with E-state index >= 15 is 0 Å². The number of ether oxygens (including phenoxy) is 1. The molecule has 0 aliphatic carbocycles. The summed E-state index contributed by atoms with van der Waals surface area (Å²) >= 11 is 5.78. The molecule has 2 atom stereocenters. The number of rotatable bonds is 8. The van der Waals surface area contributed by atoms with E-state index in [0.717, 1.165) is 28.3 Å². The lowest BCUT2D eigenvalue weighted by Crippen LogP contribution is -2.33. The van der Waals surface area contributed by atoms with E-state index in [9.17, 15) is 9.59 Å². The molecule has 9 heteroatoms. The minimum atomic E-state index is -0.384. The number of pyridine rings is 1. The Morgan fingerprint density at radius 1 is 1.05 bits per heavy atom. The summed E-state index contributed by atoms with van der Waals surface area (Å²) in [5.74, 6) is -0.470. The monoisotopic (exact) mass is 539 g/mol. The number of aryl methyl sites for hydroxylation is 1. The zero-order valence-corrected chi connectivity index (χ0v) is 22.5. The SMILES string of the molecule is COC(=O)c1ccc(-n2cccc2[C@H]2[C@@H](c3ccccn3)NC(=S)N2CCC(=O)Nc2cccc(C)c2)cc1. The first-order valence-electron chi connectivity index (χ1n) is 12.6. The highest BCUT2D eigenvalue weighted by Crippen LogP contribution is 2.39. The molecule has 0 radical (unpaired) electrons. The highest BCUT2D eigenvalue weighted by molar-refractivity contribution is 7.80. The average molecular weight is 540 g/mol. The lowest BCUT2D eigenvalue weighted by Gasteiger charge is -2.29. The molecule has 5 rings (SSSR count). The van der Waals surface area contributed by atoms with Gasteiger partial charge in [-0.15, -0.1) is 0 Å². The number of thiocarbonyl (C=S) groups is 1. The number of carbonyl (C=O) groups is 2. The third-order valence-electron chi connectivity index (χ3n) is 6.73. The molecule has 0 bridgehead atoms. The number of amides is 1. The molecule has 2 aromatic heterocycles. The van der Waals surface area contributed by atoms with Gasteiger partial charge in [0.05, 0.1) is 30.5 Å². The number of methoxy groups -OCH3 is 1. The fourth-order valence-corrected chi connectivity index (χ4v) is 5.21. The van der Waals surface area contributed by atoms with Crippen LogP contribution in [0.4, 0.5) is 5.69 Å². The number of hydrogen-bond donors (Lipinski definition) is 2. The summed E-state index contributed by atoms with van der Waals surface area (Å²) < 4.78 is 6.90. The van der Waals surface area contributed by atoms with E-state index in [1.54, 1.807) is 18.3 Å². The van der Waals surface area contributed by atoms with E-state index in [-0.39, 0.29) is 30.4 Å². The zero-order chi connectivity index (χ0) is 27.4. The van der Waals surface area contributed by atoms with E-state index < -0.39 is 0 Å². The van der Waals surface area contributed by atoms with Gasteiger partial charge in [0.25, 0.3) is 0 Å². The van der Waals surface area contributed by atoms with Crippen LogP contribution in [-0.2, 0) is 9.53 Å². The fraction of sp³-hybridized carbons (Fsp3) is 0.200. The number of carbonyl (C=O) groups excluding carboxylic acids is 2. The summed E-state index contributed by atoms with van der Waals surface area (Å²) in [6, 6.07) is 24.4. The van der Waals surface area contributed by atoms with Gasteiger partial charge in [0.15, 0.2) is 5.11 Å². The van der Waals surface area contributed by atoms with Crippen LogP contribution in [0.5, 0.6) is 0 Å². The molecule has 0 unspecified atom stereocenters. The van der Waals surface area contributed by atoms with Crippen molar-refractivity contribution >= 4 is 34.9 Å². The van der Waals surface area contributed by atoms with Gasteiger partial charge in [-0.1, -0.05) is 18.2 Å². The van der Waals surface area contributed by atoms with Gasteiger partial charge in [-0.25, -0.2) is 4.79 Å². The molecule has 2 N–H and O–H groups in total. The molecule has 8 nitrogen and oxygen atoms in total. The largest absolute Gasteiger partial charge is 0.465 e. The second-order valence-corrected chi connectivity index (χ2v) is 9.72. The predicted molar refractivity (Wildman–Crippen MR) is 154 cm³/mol. The molecule has 1 saturated heterocycles. The molecular weight excluding hydrogens is 510 g/mol. The Morgan fingerprint density at radius 3 is 2.59 bits per heavy atom. The highest BCUT2D eigenvalue weighted by atomic mass is 32.1. The first kappa shape index (κ1) is 26.1. The van der Waals surface area contributed by atoms with Crippen LogP contribution >= 0.6 is 12.2 Å². The van der Waals surface area contributed by atoms with Gasteiger partial charge < -0.3 is 24.8 Å². The van der Waals surface area contributed by atoms with E-state index in [4.69, 9.17) is 17.0 Å². The predicted octanol–water partition coefficient (Wildman–Crippen LogP) is 4.97. The number of anilines is 1. The van der Waals surface area contributed by atoms with Crippen molar-refractivity contribution in [2.75, 3.05) is 19.0 Å². The molecule has 1 aliphatic rings. The standard InChI is InChI=1S/C30H29N5O3S/c1-20-7-5-8-22(19-20)32-26(36)15-18-35-28(27(33-30(35)39)24-9-3-4-16-31-24)25-10-6-17-34(25)23-13-11-21(12-14-23)29(37)38-2/h3-14,16-17,19,27-28H,15,18H2,1-2H3,(H,32,36)(H,33,39)/t27-,28+/m1/s1. The fourth-order valence-electron chi connectivity index (χ4n) is 4.88. The van der Waals surface area contributed by atoms with Crippen molar-refractivity contribution in [2.45, 2.75) is 25.4 Å². The third kappa shape index (κ3) is 5.68. The van der Waals surface area contributed by atoms with Crippen LogP contribution in [0, 0.1) is 6.92 Å². The Hall–Kier alpha value is -4.50. The van der Waals surface area contributed by atoms with Crippen molar-refractivity contribution in [2.24, 2.45) is 0 Å². The van der Waals surface area contributed by atoms with E-state index in [1.807, 2.05) is 79.9 Å². The number of nitrogens with zero attached hydrogens (tertiary/aromatic N) is 3. The van der Waals surface area contributed by atoms with Crippen LogP contribution in [0.3, 0.4) is 0 Å². The number of aromatic nitrogens is 2. The van der Waals surface area contributed by atoms with Gasteiger partial charge in [-0.05, 0) is 85.4 Å². The van der Waals surface area contributed by atoms with Crippen LogP contribution in [-0.4, -0.2) is 45.1 Å². The smallest absolute Gasteiger partial charge is 0.337 e. The topological polar surface area (TPSA) is 88.5 Å². The van der Waals surface area contributed by atoms with Crippen LogP contribution in [0.25, 0.3) is 5.69 Å². The lowest BCUT2D eigenvalue weighted by molar-refractivity contribution is -0.116. The number of benzene rings is 2. The normalized spacial score (nSPS) is 16.6. The molecule has 0 saturated carbocycles. The highest BCUT2D eigenvalue weighted by Gasteiger charge is 2.41. The zero-order valence-electron chi connectivity index (χ0n) is 21.7. The first-order valence-corrected chi connectivity index (χ1v) is 13.1. The summed E-state index contributed by atoms with van der Waals surface area (Å²) in [7, 11) is 1.36. The molecule has 4 aromatic rings. The van der Waals surface area contributed by atoms with Gasteiger partial charge in [-0.3, -0.25) is 9.78 Å². The summed E-state index contributed by atoms with van der Waals surface area (Å²) in [6.07, 6.45) is 4.00. The maximum atomic E-state index is 12.9. The van der Waals surface area contributed by atoms with Crippen LogP contribution < -0.4 is 10.6 Å². The number of hydrogen-bond acceptors (Lipinski definition) is 5. The summed E-state index contributed by atoms with van der Waals surface area (Å²) in [5.41, 5.74) is 5.04. The van der Waals surface area contributed by atoms with Gasteiger partial charge in [0.1, 0.15) is 0 Å². The molecule has 39 heavy (non-hydrogen) atoms. The van der Waals surface area contributed by atoms with Crippen molar-refractivity contribution in [1.29, 1.82) is 0 Å². The second kappa shape index (κ2) is 11.5. The van der Waals surface area contributed by atoms with Gasteiger partial charge in [0.2, 0.25) is 5.91 Å². The van der Waals surface area contributed by atoms with Crippen molar-refractivity contribution in [1.82, 2.24) is 19.8 Å². The van der Waals surface area contributed by atoms with Gasteiger partial charge in [0, 0.05) is 42.4 Å². The molecule has 2 aromatic carbocycles. The van der Waals surface area contributed by atoms with Crippen molar-refractivity contribution < 1.29 is 14.3 Å². The molecular formula is C30H29N5O3S. The van der Waals surface area contributed by atoms with Crippen molar-refractivity contribution in [3.63, 3.8) is 0 Å². The van der Waals surface area contributed by atoms with E-state index in [0.29, 0.717) is 17.2 Å². The maximum absolute atomic E-state index is 12.9. The van der Waals surface area contributed by atoms with Crippen LogP contribution in [0.1, 0.15) is 45.8 Å². The summed E-state index contributed by atoms with van der Waals surface area (Å²) in [4.78, 5) is 31.5. The second-order valence-electron chi connectivity index (χ2n) is 9.33. The quantitative estimate of drug-likeness (QED) is 0.241. The Kier molecular flexibility index (Phi) is 7.69. The summed E-state index contributed by atoms with van der Waals surface area (Å²) in [5, 5.41) is 6.99. The molecule has 1 fully saturated rings. The van der Waals surface area contributed by atoms with Gasteiger partial charge in [-0.2, -0.15) is 0 Å². The van der Waals surface area contributed by atoms with Gasteiger partial charge >= 0.3 is 5.97 Å². The Bertz CT molecular complexity index is 1490. The minimum Gasteiger partial charge on any atom is -0.465 e. The third-order valence-corrected chi connectivity index (χ3v) is 7.08. The van der Waals surface area contributed by atoms with Crippen LogP contribution in [0.2, 0.25) is 0 Å². The Balaban J connectivity index is 1.44. The van der Waals surface area contributed by atoms with Crippen LogP contribution in [0.15, 0.2) is 91.3 Å². The Morgan fingerprint density at radius 2 is 1.87 bits per heavy atom. The molecule has 1 aliphatic heterocycles. The number of esters is 1. The van der Waals surface area contributed by atoms with Crippen molar-refractivity contribution in [3.05, 3.63) is 114 Å². The van der Waals surface area contributed by atoms with E-state index in [2.05, 4.69) is 25.1 Å². The molecule has 0 spiro atoms. The number of nitrogens with one attached hydrogen (secondary N) is 2. The lowest BCUT2D eigenvalue weighted by atomic mass is 10.0. The maximum Gasteiger partial charge on any atom is 0.337 e. The minimum absolute atomic E-state index is 0.0859. The Labute approximate surface area is 232 Å². The average Bonchev–Trinajstić information content (AvgIpc) is 3.56. The van der Waals surface area contributed by atoms with Crippen molar-refractivity contribution in [3.8, 4) is 5.69 Å². The molecule has 3 heterocycles. The van der Waals surface area contributed by atoms with E-state index in [1.165, 1.54) is 7.11 Å². The molecule has 1 amide bonds. The first-order chi connectivity index (χ1) is 18.9. The molecule has 198 valence electrons.